The molecule has 0 amide bonds. The van der Waals surface area contributed by atoms with Gasteiger partial charge < -0.3 is 9.47 Å². The monoisotopic (exact) mass is 538 g/mol. The Bertz CT molecular complexity index is 545. The first kappa shape index (κ1) is 36.9. The first-order valence-corrected chi connectivity index (χ1v) is 16.7. The van der Waals surface area contributed by atoms with Gasteiger partial charge in [-0.2, -0.15) is 0 Å². The molecule has 0 aliphatic carbocycles. The fraction of sp³-hybridized carbons (Fsp3) is 0.941. The Hall–Kier alpha value is -1.06. The van der Waals surface area contributed by atoms with Crippen molar-refractivity contribution in [2.45, 2.75) is 170 Å². The molecule has 0 aliphatic rings. The predicted molar refractivity (Wildman–Crippen MR) is 162 cm³/mol. The van der Waals surface area contributed by atoms with Gasteiger partial charge in [-0.05, 0) is 49.4 Å². The van der Waals surface area contributed by atoms with Gasteiger partial charge in [-0.15, -0.1) is 0 Å². The van der Waals surface area contributed by atoms with Crippen molar-refractivity contribution in [2.24, 2.45) is 23.7 Å². The van der Waals surface area contributed by atoms with Gasteiger partial charge in [0.25, 0.3) is 0 Å². The smallest absolute Gasteiger partial charge is 0.306 e. The Kier molecular flexibility index (Phi) is 25.4. The summed E-state index contributed by atoms with van der Waals surface area (Å²) in [5.41, 5.74) is 0. The van der Waals surface area contributed by atoms with E-state index in [2.05, 4.69) is 41.5 Å². The summed E-state index contributed by atoms with van der Waals surface area (Å²) in [5.74, 6) is 2.01. The average Bonchev–Trinajstić information content (AvgIpc) is 2.91. The summed E-state index contributed by atoms with van der Waals surface area (Å²) in [6, 6.07) is 0. The molecule has 0 rings (SSSR count). The fourth-order valence-electron chi connectivity index (χ4n) is 5.15. The molecule has 3 unspecified atom stereocenters. The molecule has 4 heteroatoms. The zero-order chi connectivity index (χ0) is 28.4. The molecular formula is C34H66O4. The van der Waals surface area contributed by atoms with Gasteiger partial charge in [-0.3, -0.25) is 9.59 Å². The lowest BCUT2D eigenvalue weighted by Gasteiger charge is -2.21. The van der Waals surface area contributed by atoms with E-state index in [1.165, 1.54) is 83.5 Å². The number of carbonyl (C=O) groups is 2. The first-order valence-electron chi connectivity index (χ1n) is 16.7. The Morgan fingerprint density at radius 2 is 1.00 bits per heavy atom. The van der Waals surface area contributed by atoms with Gasteiger partial charge >= 0.3 is 11.9 Å². The molecule has 0 N–H and O–H groups in total. The van der Waals surface area contributed by atoms with E-state index in [0.29, 0.717) is 49.7 Å². The summed E-state index contributed by atoms with van der Waals surface area (Å²) in [6.45, 7) is 14.5. The summed E-state index contributed by atoms with van der Waals surface area (Å²) in [6.07, 6.45) is 22.6. The van der Waals surface area contributed by atoms with Crippen LogP contribution in [0.25, 0.3) is 0 Å². The van der Waals surface area contributed by atoms with Crippen LogP contribution in [0, 0.1) is 23.7 Å². The molecule has 3 atom stereocenters. The summed E-state index contributed by atoms with van der Waals surface area (Å²) in [5, 5.41) is 0. The molecule has 0 saturated carbocycles. The minimum atomic E-state index is -0.00922. The van der Waals surface area contributed by atoms with E-state index < -0.39 is 0 Å². The number of ether oxygens (including phenoxy) is 2. The second-order valence-corrected chi connectivity index (χ2v) is 12.1. The van der Waals surface area contributed by atoms with Crippen LogP contribution in [0.5, 0.6) is 0 Å². The summed E-state index contributed by atoms with van der Waals surface area (Å²) in [4.78, 5) is 24.4. The van der Waals surface area contributed by atoms with E-state index in [1.54, 1.807) is 0 Å². The van der Waals surface area contributed by atoms with Crippen LogP contribution in [0.3, 0.4) is 0 Å². The lowest BCUT2D eigenvalue weighted by molar-refractivity contribution is -0.147. The second-order valence-electron chi connectivity index (χ2n) is 12.1. The van der Waals surface area contributed by atoms with Crippen molar-refractivity contribution in [1.29, 1.82) is 0 Å². The summed E-state index contributed by atoms with van der Waals surface area (Å²) < 4.78 is 11.2. The second kappa shape index (κ2) is 26.2. The number of unbranched alkanes of at least 4 members (excludes halogenated alkanes) is 10. The Morgan fingerprint density at radius 3 is 1.45 bits per heavy atom. The highest BCUT2D eigenvalue weighted by Crippen LogP contribution is 2.24. The van der Waals surface area contributed by atoms with Gasteiger partial charge in [-0.1, -0.05) is 131 Å². The van der Waals surface area contributed by atoms with Crippen molar-refractivity contribution in [3.8, 4) is 0 Å². The third-order valence-corrected chi connectivity index (χ3v) is 8.37. The molecule has 0 aromatic heterocycles. The minimum Gasteiger partial charge on any atom is -0.465 e. The van der Waals surface area contributed by atoms with Crippen molar-refractivity contribution in [3.63, 3.8) is 0 Å². The van der Waals surface area contributed by atoms with Gasteiger partial charge in [-0.25, -0.2) is 0 Å². The predicted octanol–water partition coefficient (Wildman–Crippen LogP) is 10.5. The molecule has 0 spiro atoms. The molecule has 0 fully saturated rings. The summed E-state index contributed by atoms with van der Waals surface area (Å²) >= 11 is 0. The fourth-order valence-corrected chi connectivity index (χ4v) is 5.15. The van der Waals surface area contributed by atoms with Gasteiger partial charge in [0.15, 0.2) is 0 Å². The maximum absolute atomic E-state index is 12.4. The molecule has 0 aromatic carbocycles. The van der Waals surface area contributed by atoms with Gasteiger partial charge in [0.05, 0.1) is 13.2 Å². The van der Waals surface area contributed by atoms with Crippen molar-refractivity contribution in [1.82, 2.24) is 0 Å². The molecule has 0 saturated heterocycles. The van der Waals surface area contributed by atoms with Gasteiger partial charge in [0, 0.05) is 12.8 Å². The van der Waals surface area contributed by atoms with Crippen molar-refractivity contribution in [3.05, 3.63) is 0 Å². The molecule has 226 valence electrons. The number of esters is 2. The van der Waals surface area contributed by atoms with Crippen LogP contribution < -0.4 is 0 Å². The van der Waals surface area contributed by atoms with Crippen molar-refractivity contribution >= 4 is 11.9 Å². The van der Waals surface area contributed by atoms with E-state index in [9.17, 15) is 9.59 Å². The van der Waals surface area contributed by atoms with Crippen LogP contribution in [0.4, 0.5) is 0 Å². The third-order valence-electron chi connectivity index (χ3n) is 8.37. The van der Waals surface area contributed by atoms with Crippen LogP contribution in [0.1, 0.15) is 170 Å². The molecule has 0 aromatic rings. The number of hydrogen-bond acceptors (Lipinski definition) is 4. The zero-order valence-corrected chi connectivity index (χ0v) is 26.5. The van der Waals surface area contributed by atoms with Crippen molar-refractivity contribution < 1.29 is 19.1 Å². The molecule has 0 aliphatic heterocycles. The quantitative estimate of drug-likeness (QED) is 0.0771. The normalized spacial score (nSPS) is 13.9. The topological polar surface area (TPSA) is 52.6 Å². The van der Waals surface area contributed by atoms with E-state index in [-0.39, 0.29) is 11.9 Å². The summed E-state index contributed by atoms with van der Waals surface area (Å²) in [7, 11) is 0. The molecule has 0 radical (unpaired) electrons. The molecule has 4 nitrogen and oxygen atoms in total. The highest BCUT2D eigenvalue weighted by Gasteiger charge is 2.19. The average molecular weight is 539 g/mol. The number of rotatable bonds is 27. The maximum atomic E-state index is 12.4. The van der Waals surface area contributed by atoms with Crippen LogP contribution in [-0.4, -0.2) is 25.2 Å². The highest BCUT2D eigenvalue weighted by atomic mass is 16.5. The third kappa shape index (κ3) is 21.8. The Morgan fingerprint density at radius 1 is 0.553 bits per heavy atom. The van der Waals surface area contributed by atoms with Gasteiger partial charge in [0.2, 0.25) is 0 Å². The van der Waals surface area contributed by atoms with E-state index in [0.717, 1.165) is 32.1 Å². The number of carbonyl (C=O) groups excluding carboxylic acids is 2. The Labute approximate surface area is 237 Å². The van der Waals surface area contributed by atoms with Crippen LogP contribution in [-0.2, 0) is 19.1 Å². The molecule has 0 bridgehead atoms. The van der Waals surface area contributed by atoms with E-state index in [4.69, 9.17) is 9.47 Å². The van der Waals surface area contributed by atoms with Crippen molar-refractivity contribution in [2.75, 3.05) is 13.2 Å². The molecule has 38 heavy (non-hydrogen) atoms. The van der Waals surface area contributed by atoms with Crippen LogP contribution in [0.15, 0.2) is 0 Å². The molecule has 0 heterocycles. The largest absolute Gasteiger partial charge is 0.465 e. The van der Waals surface area contributed by atoms with E-state index in [1.807, 2.05) is 0 Å². The Balaban J connectivity index is 3.77. The maximum Gasteiger partial charge on any atom is 0.306 e. The SMILES string of the molecule is CCCCC(CC)COC(=O)CCCCCCCCCCCC(CC(=O)OCC(CC)CCCC)C(C)C. The van der Waals surface area contributed by atoms with Crippen LogP contribution >= 0.6 is 0 Å². The lowest BCUT2D eigenvalue weighted by Crippen LogP contribution is -2.19. The minimum absolute atomic E-state index is 0.00374. The zero-order valence-electron chi connectivity index (χ0n) is 26.5. The van der Waals surface area contributed by atoms with Crippen LogP contribution in [0.2, 0.25) is 0 Å². The number of hydrogen-bond donors (Lipinski definition) is 0. The van der Waals surface area contributed by atoms with E-state index >= 15 is 0 Å². The standard InChI is InChI=1S/C34H66O4/c1-7-11-22-30(9-3)27-37-33(35)25-21-19-17-15-13-14-16-18-20-24-32(29(5)6)26-34(36)38-28-31(10-4)23-12-8-2/h29-32H,7-28H2,1-6H3. The lowest BCUT2D eigenvalue weighted by atomic mass is 9.87. The highest BCUT2D eigenvalue weighted by molar-refractivity contribution is 5.69. The van der Waals surface area contributed by atoms with Gasteiger partial charge in [0.1, 0.15) is 0 Å². The molecular weight excluding hydrogens is 472 g/mol. The first-order chi connectivity index (χ1) is 18.4.